The van der Waals surface area contributed by atoms with E-state index in [1.807, 2.05) is 6.92 Å². The van der Waals surface area contributed by atoms with Crippen LogP contribution in [0.4, 0.5) is 0 Å². The van der Waals surface area contributed by atoms with Crippen LogP contribution in [0.3, 0.4) is 0 Å². The summed E-state index contributed by atoms with van der Waals surface area (Å²) in [6.45, 7) is 1.91. The molecule has 1 heteroatoms. The molecule has 1 fully saturated rings. The summed E-state index contributed by atoms with van der Waals surface area (Å²) < 4.78 is 0. The van der Waals surface area contributed by atoms with Gasteiger partial charge < -0.3 is 0 Å². The molecule has 1 rings (SSSR count). The smallest absolute Gasteiger partial charge is 0.0174 e. The first-order chi connectivity index (χ1) is 5.84. The summed E-state index contributed by atoms with van der Waals surface area (Å²) in [5.41, 5.74) is 0. The van der Waals surface area contributed by atoms with Gasteiger partial charge in [-0.05, 0) is 38.5 Å². The third-order valence-electron chi connectivity index (χ3n) is 2.34. The summed E-state index contributed by atoms with van der Waals surface area (Å²) in [7, 11) is 0. The molecule has 0 heterocycles. The molecule has 1 atom stereocenters. The van der Waals surface area contributed by atoms with Crippen molar-refractivity contribution < 1.29 is 0 Å². The molecule has 0 spiro atoms. The van der Waals surface area contributed by atoms with Gasteiger partial charge in [0.25, 0.3) is 0 Å². The molecule has 1 unspecified atom stereocenters. The van der Waals surface area contributed by atoms with Crippen molar-refractivity contribution in [3.8, 4) is 11.8 Å². The molecule has 0 amide bonds. The molecule has 0 radical (unpaired) electrons. The summed E-state index contributed by atoms with van der Waals surface area (Å²) >= 11 is 3.74. The van der Waals surface area contributed by atoms with Crippen LogP contribution >= 0.6 is 15.9 Å². The topological polar surface area (TPSA) is 0 Å². The number of rotatable bonds is 5. The molecule has 12 heavy (non-hydrogen) atoms. The molecule has 0 saturated heterocycles. The van der Waals surface area contributed by atoms with Gasteiger partial charge >= 0.3 is 0 Å². The van der Waals surface area contributed by atoms with Crippen molar-refractivity contribution in [2.45, 2.75) is 50.3 Å². The van der Waals surface area contributed by atoms with Crippen molar-refractivity contribution >= 4 is 15.9 Å². The highest BCUT2D eigenvalue weighted by molar-refractivity contribution is 9.09. The van der Waals surface area contributed by atoms with E-state index in [1.165, 1.54) is 32.1 Å². The molecule has 0 N–H and O–H groups in total. The zero-order valence-electron chi connectivity index (χ0n) is 7.78. The minimum absolute atomic E-state index is 0.798. The minimum atomic E-state index is 0.798. The van der Waals surface area contributed by atoms with Crippen LogP contribution in [0, 0.1) is 17.8 Å². The van der Waals surface area contributed by atoms with Crippen LogP contribution in [0.2, 0.25) is 0 Å². The largest absolute Gasteiger partial charge is 0.107 e. The molecule has 1 saturated carbocycles. The summed E-state index contributed by atoms with van der Waals surface area (Å²) in [6, 6.07) is 0. The van der Waals surface area contributed by atoms with Crippen LogP contribution in [-0.2, 0) is 0 Å². The molecule has 0 aliphatic heterocycles. The van der Waals surface area contributed by atoms with Gasteiger partial charge in [0, 0.05) is 11.2 Å². The highest BCUT2D eigenvalue weighted by Gasteiger charge is 2.28. The van der Waals surface area contributed by atoms with Gasteiger partial charge in [-0.3, -0.25) is 0 Å². The van der Waals surface area contributed by atoms with E-state index in [0.717, 1.165) is 17.2 Å². The Labute approximate surface area is 84.2 Å². The third kappa shape index (κ3) is 4.16. The Kier molecular flexibility index (Phi) is 4.76. The lowest BCUT2D eigenvalue weighted by atomic mass is 10.1. The lowest BCUT2D eigenvalue weighted by molar-refractivity contribution is 0.631. The van der Waals surface area contributed by atoms with E-state index in [-0.39, 0.29) is 0 Å². The normalized spacial score (nSPS) is 18.2. The standard InChI is InChI=1S/C11H17Br/c1-2-3-4-5-6-7-11(12)10-8-9-10/h10-11H,4-9H2,1H3. The van der Waals surface area contributed by atoms with Crippen LogP contribution in [0.5, 0.6) is 0 Å². The molecule has 0 aromatic heterocycles. The van der Waals surface area contributed by atoms with Crippen molar-refractivity contribution in [1.82, 2.24) is 0 Å². The Morgan fingerprint density at radius 2 is 2.17 bits per heavy atom. The average Bonchev–Trinajstić information content (AvgIpc) is 2.86. The van der Waals surface area contributed by atoms with Gasteiger partial charge in [0.2, 0.25) is 0 Å². The monoisotopic (exact) mass is 228 g/mol. The Bertz CT molecular complexity index is 171. The zero-order valence-corrected chi connectivity index (χ0v) is 9.36. The number of hydrogen-bond acceptors (Lipinski definition) is 0. The van der Waals surface area contributed by atoms with Crippen molar-refractivity contribution in [3.05, 3.63) is 0 Å². The van der Waals surface area contributed by atoms with Gasteiger partial charge in [0.15, 0.2) is 0 Å². The molecule has 68 valence electrons. The van der Waals surface area contributed by atoms with E-state index in [9.17, 15) is 0 Å². The van der Waals surface area contributed by atoms with E-state index < -0.39 is 0 Å². The molecule has 0 aromatic rings. The van der Waals surface area contributed by atoms with Crippen LogP contribution in [0.1, 0.15) is 45.4 Å². The lowest BCUT2D eigenvalue weighted by Gasteiger charge is -2.05. The fourth-order valence-electron chi connectivity index (χ4n) is 1.37. The number of hydrogen-bond donors (Lipinski definition) is 0. The third-order valence-corrected chi connectivity index (χ3v) is 3.55. The molecule has 0 nitrogen and oxygen atoms in total. The molecule has 1 aliphatic carbocycles. The van der Waals surface area contributed by atoms with Gasteiger partial charge in [-0.25, -0.2) is 0 Å². The minimum Gasteiger partial charge on any atom is -0.107 e. The molecule has 0 bridgehead atoms. The second-order valence-corrected chi connectivity index (χ2v) is 4.70. The van der Waals surface area contributed by atoms with Crippen molar-refractivity contribution in [2.24, 2.45) is 5.92 Å². The van der Waals surface area contributed by atoms with E-state index in [0.29, 0.717) is 0 Å². The first-order valence-electron chi connectivity index (χ1n) is 4.88. The van der Waals surface area contributed by atoms with Crippen molar-refractivity contribution in [2.75, 3.05) is 0 Å². The summed E-state index contributed by atoms with van der Waals surface area (Å²) in [5, 5.41) is 0. The quantitative estimate of drug-likeness (QED) is 0.382. The Hall–Kier alpha value is 0.0400. The lowest BCUT2D eigenvalue weighted by Crippen LogP contribution is -1.99. The Morgan fingerprint density at radius 1 is 1.42 bits per heavy atom. The highest BCUT2D eigenvalue weighted by Crippen LogP contribution is 2.38. The van der Waals surface area contributed by atoms with Gasteiger partial charge in [-0.2, -0.15) is 0 Å². The second-order valence-electron chi connectivity index (χ2n) is 3.53. The predicted octanol–water partition coefficient (Wildman–Crippen LogP) is 3.74. The van der Waals surface area contributed by atoms with E-state index in [4.69, 9.17) is 0 Å². The Morgan fingerprint density at radius 3 is 2.75 bits per heavy atom. The van der Waals surface area contributed by atoms with E-state index >= 15 is 0 Å². The van der Waals surface area contributed by atoms with Gasteiger partial charge in [-0.15, -0.1) is 11.8 Å². The maximum Gasteiger partial charge on any atom is 0.0174 e. The SMILES string of the molecule is CC#CCCCCC(Br)C1CC1. The highest BCUT2D eigenvalue weighted by atomic mass is 79.9. The average molecular weight is 229 g/mol. The van der Waals surface area contributed by atoms with Crippen LogP contribution in [-0.4, -0.2) is 4.83 Å². The fraction of sp³-hybridized carbons (Fsp3) is 0.818. The summed E-state index contributed by atoms with van der Waals surface area (Å²) in [4.78, 5) is 0.798. The van der Waals surface area contributed by atoms with Crippen LogP contribution < -0.4 is 0 Å². The number of alkyl halides is 1. The van der Waals surface area contributed by atoms with Crippen LogP contribution in [0.25, 0.3) is 0 Å². The first kappa shape index (κ1) is 10.1. The maximum atomic E-state index is 3.74. The second kappa shape index (κ2) is 5.65. The number of halogens is 1. The van der Waals surface area contributed by atoms with Gasteiger partial charge in [0.05, 0.1) is 0 Å². The van der Waals surface area contributed by atoms with Crippen molar-refractivity contribution in [1.29, 1.82) is 0 Å². The first-order valence-corrected chi connectivity index (χ1v) is 5.80. The van der Waals surface area contributed by atoms with E-state index in [1.54, 1.807) is 0 Å². The molecular weight excluding hydrogens is 212 g/mol. The zero-order chi connectivity index (χ0) is 8.81. The molecular formula is C11H17Br. The predicted molar refractivity (Wildman–Crippen MR) is 57.4 cm³/mol. The van der Waals surface area contributed by atoms with Gasteiger partial charge in [-0.1, -0.05) is 22.4 Å². The molecule has 0 aromatic carbocycles. The van der Waals surface area contributed by atoms with Crippen molar-refractivity contribution in [3.63, 3.8) is 0 Å². The van der Waals surface area contributed by atoms with E-state index in [2.05, 4.69) is 27.8 Å². The van der Waals surface area contributed by atoms with Gasteiger partial charge in [0.1, 0.15) is 0 Å². The summed E-state index contributed by atoms with van der Waals surface area (Å²) in [5.74, 6) is 7.03. The summed E-state index contributed by atoms with van der Waals surface area (Å²) in [6.07, 6.45) is 7.93. The molecule has 1 aliphatic rings. The Balaban J connectivity index is 1.89. The fourth-order valence-corrected chi connectivity index (χ4v) is 2.22. The van der Waals surface area contributed by atoms with Crippen LogP contribution in [0.15, 0.2) is 0 Å². The maximum absolute atomic E-state index is 3.74. The number of unbranched alkanes of at least 4 members (excludes halogenated alkanes) is 2.